The van der Waals surface area contributed by atoms with Crippen molar-refractivity contribution in [3.63, 3.8) is 0 Å². The molecule has 0 aliphatic heterocycles. The first kappa shape index (κ1) is 21.5. The normalized spacial score (nSPS) is 11.3. The minimum Gasteiger partial charge on any atom is -0.380 e. The molecule has 3 rings (SSSR count). The van der Waals surface area contributed by atoms with E-state index >= 15 is 0 Å². The van der Waals surface area contributed by atoms with Crippen molar-refractivity contribution in [2.45, 2.75) is 26.2 Å². The molecule has 0 heterocycles. The molecule has 0 saturated carbocycles. The topological polar surface area (TPSA) is 79.3 Å². The summed E-state index contributed by atoms with van der Waals surface area (Å²) in [5, 5.41) is 9.03. The monoisotopic (exact) mass is 417 g/mol. The molecule has 0 bridgehead atoms. The number of carbonyl (C=O) groups excluding carboxylic acids is 1. The molecule has 3 N–H and O–H groups in total. The van der Waals surface area contributed by atoms with Crippen molar-refractivity contribution < 1.29 is 4.79 Å². The van der Waals surface area contributed by atoms with E-state index in [1.807, 2.05) is 42.5 Å². The first-order valence-electron chi connectivity index (χ1n) is 9.91. The second kappa shape index (κ2) is 9.99. The number of aryl methyl sites for hydroxylation is 1. The van der Waals surface area contributed by atoms with Gasteiger partial charge in [0.25, 0.3) is 0 Å². The van der Waals surface area contributed by atoms with Crippen molar-refractivity contribution in [2.75, 3.05) is 0 Å². The third-order valence-corrected chi connectivity index (χ3v) is 5.03. The van der Waals surface area contributed by atoms with Crippen LogP contribution in [0.2, 0.25) is 5.02 Å². The Kier molecular flexibility index (Phi) is 7.15. The molecule has 152 valence electrons. The zero-order chi connectivity index (χ0) is 21.5. The van der Waals surface area contributed by atoms with Gasteiger partial charge in [0.15, 0.2) is 5.84 Å². The number of nitrogens with one attached hydrogen (secondary N) is 1. The molecule has 0 aromatic heterocycles. The van der Waals surface area contributed by atoms with Crippen LogP contribution >= 0.6 is 11.6 Å². The van der Waals surface area contributed by atoms with Crippen molar-refractivity contribution in [2.24, 2.45) is 10.7 Å². The number of halogens is 1. The Labute approximate surface area is 181 Å². The summed E-state index contributed by atoms with van der Waals surface area (Å²) in [6.45, 7) is 2.15. The molecule has 0 radical (unpaired) electrons. The van der Waals surface area contributed by atoms with E-state index in [1.54, 1.807) is 30.3 Å². The maximum absolute atomic E-state index is 12.8. The molecule has 0 saturated heterocycles. The van der Waals surface area contributed by atoms with Crippen LogP contribution in [0.4, 0.5) is 5.69 Å². The lowest BCUT2D eigenvalue weighted by Gasteiger charge is -2.10. The minimum absolute atomic E-state index is 0.124. The molecule has 0 fully saturated rings. The second-order valence-electron chi connectivity index (χ2n) is 7.03. The largest absolute Gasteiger partial charge is 0.380 e. The van der Waals surface area contributed by atoms with Crippen LogP contribution in [0.1, 0.15) is 46.8 Å². The molecule has 3 aromatic carbocycles. The summed E-state index contributed by atoms with van der Waals surface area (Å²) in [7, 11) is 0. The molecular formula is C25H24ClN3O. The van der Waals surface area contributed by atoms with Crippen LogP contribution in [-0.4, -0.2) is 17.3 Å². The molecule has 0 aliphatic rings. The van der Waals surface area contributed by atoms with Crippen LogP contribution in [0.15, 0.2) is 77.8 Å². The zero-order valence-electron chi connectivity index (χ0n) is 16.9. The maximum atomic E-state index is 12.8. The van der Waals surface area contributed by atoms with E-state index < -0.39 is 0 Å². The van der Waals surface area contributed by atoms with Gasteiger partial charge >= 0.3 is 0 Å². The van der Waals surface area contributed by atoms with Crippen molar-refractivity contribution in [3.8, 4) is 0 Å². The van der Waals surface area contributed by atoms with E-state index in [-0.39, 0.29) is 17.3 Å². The Bertz CT molecular complexity index is 1070. The van der Waals surface area contributed by atoms with E-state index in [2.05, 4.69) is 11.9 Å². The number of Topliss-reactive ketones (excluding diaryl/α,β-unsaturated/α-hetero) is 1. The number of hydrogen-bond acceptors (Lipinski definition) is 3. The molecule has 30 heavy (non-hydrogen) atoms. The van der Waals surface area contributed by atoms with Crippen LogP contribution < -0.4 is 5.73 Å². The molecule has 0 atom stereocenters. The average Bonchev–Trinajstić information content (AvgIpc) is 2.78. The summed E-state index contributed by atoms with van der Waals surface area (Å²) >= 11 is 6.15. The number of nitrogens with two attached hydrogens (primary N) is 1. The van der Waals surface area contributed by atoms with E-state index in [1.165, 1.54) is 5.56 Å². The zero-order valence-corrected chi connectivity index (χ0v) is 17.6. The highest BCUT2D eigenvalue weighted by molar-refractivity contribution is 6.45. The van der Waals surface area contributed by atoms with Gasteiger partial charge in [0.1, 0.15) is 0 Å². The first-order chi connectivity index (χ1) is 14.5. The Morgan fingerprint density at radius 2 is 1.70 bits per heavy atom. The summed E-state index contributed by atoms with van der Waals surface area (Å²) in [4.78, 5) is 17.1. The predicted octanol–water partition coefficient (Wildman–Crippen LogP) is 5.97. The van der Waals surface area contributed by atoms with Gasteiger partial charge in [0.05, 0.1) is 11.4 Å². The van der Waals surface area contributed by atoms with Gasteiger partial charge < -0.3 is 5.73 Å². The van der Waals surface area contributed by atoms with Gasteiger partial charge in [-0.25, -0.2) is 4.99 Å². The SMILES string of the molecule is CCCCc1ccc(C(=O)C(N)=Nc2ccc(Cl)cc2C(=N)c2ccccc2)cc1. The summed E-state index contributed by atoms with van der Waals surface area (Å²) in [5.41, 5.74) is 9.66. The van der Waals surface area contributed by atoms with E-state index in [9.17, 15) is 4.79 Å². The van der Waals surface area contributed by atoms with Crippen LogP contribution in [-0.2, 0) is 6.42 Å². The standard InChI is InChI=1S/C25H24ClN3O/c1-2-3-7-17-10-12-19(13-11-17)24(30)25(28)29-22-15-14-20(26)16-21(22)23(27)18-8-5-4-6-9-18/h4-6,8-16,27H,2-3,7H2,1H3,(H2,28,29). The molecule has 5 heteroatoms. The van der Waals surface area contributed by atoms with Crippen molar-refractivity contribution in [1.82, 2.24) is 0 Å². The number of hydrogen-bond donors (Lipinski definition) is 2. The van der Waals surface area contributed by atoms with Crippen molar-refractivity contribution >= 4 is 34.6 Å². The van der Waals surface area contributed by atoms with Crippen molar-refractivity contribution in [1.29, 1.82) is 5.41 Å². The lowest BCUT2D eigenvalue weighted by atomic mass is 10.0. The van der Waals surface area contributed by atoms with Crippen molar-refractivity contribution in [3.05, 3.63) is 100 Å². The number of nitrogens with zero attached hydrogens (tertiary/aromatic N) is 1. The summed E-state index contributed by atoms with van der Waals surface area (Å²) in [6.07, 6.45) is 3.23. The van der Waals surface area contributed by atoms with E-state index in [0.717, 1.165) is 24.8 Å². The first-order valence-corrected chi connectivity index (χ1v) is 10.3. The third-order valence-electron chi connectivity index (χ3n) is 4.80. The molecule has 0 amide bonds. The maximum Gasteiger partial charge on any atom is 0.227 e. The van der Waals surface area contributed by atoms with E-state index in [4.69, 9.17) is 22.7 Å². The highest BCUT2D eigenvalue weighted by Gasteiger charge is 2.15. The Hall–Kier alpha value is -3.24. The van der Waals surface area contributed by atoms with Crippen LogP contribution in [0, 0.1) is 5.41 Å². The van der Waals surface area contributed by atoms with Gasteiger partial charge in [-0.1, -0.05) is 79.5 Å². The highest BCUT2D eigenvalue weighted by Crippen LogP contribution is 2.26. The summed E-state index contributed by atoms with van der Waals surface area (Å²) in [5.74, 6) is -0.468. The number of aliphatic imine (C=N–C) groups is 1. The van der Waals surface area contributed by atoms with Gasteiger partial charge in [-0.2, -0.15) is 0 Å². The molecule has 0 unspecified atom stereocenters. The van der Waals surface area contributed by atoms with Crippen LogP contribution in [0.25, 0.3) is 0 Å². The highest BCUT2D eigenvalue weighted by atomic mass is 35.5. The van der Waals surface area contributed by atoms with Gasteiger partial charge in [-0.05, 0) is 36.6 Å². The quantitative estimate of drug-likeness (QED) is 0.269. The number of amidine groups is 1. The lowest BCUT2D eigenvalue weighted by molar-refractivity contribution is 0.106. The summed E-state index contributed by atoms with van der Waals surface area (Å²) in [6, 6.07) is 21.8. The third kappa shape index (κ3) is 5.22. The second-order valence-corrected chi connectivity index (χ2v) is 7.47. The smallest absolute Gasteiger partial charge is 0.227 e. The molecule has 4 nitrogen and oxygen atoms in total. The number of carbonyl (C=O) groups is 1. The Morgan fingerprint density at radius 1 is 1.00 bits per heavy atom. The fourth-order valence-corrected chi connectivity index (χ4v) is 3.27. The molecule has 0 aliphatic carbocycles. The van der Waals surface area contributed by atoms with Crippen LogP contribution in [0.3, 0.4) is 0 Å². The molecule has 0 spiro atoms. The number of rotatable bonds is 8. The van der Waals surface area contributed by atoms with E-state index in [0.29, 0.717) is 21.8 Å². The Balaban J connectivity index is 1.88. The van der Waals surface area contributed by atoms with Gasteiger partial charge in [-0.3, -0.25) is 10.2 Å². The Morgan fingerprint density at radius 3 is 2.37 bits per heavy atom. The number of benzene rings is 3. The predicted molar refractivity (Wildman–Crippen MR) is 124 cm³/mol. The molecule has 3 aromatic rings. The molecular weight excluding hydrogens is 394 g/mol. The van der Waals surface area contributed by atoms with Gasteiger partial charge in [0, 0.05) is 21.7 Å². The fraction of sp³-hybridized carbons (Fsp3) is 0.160. The average molecular weight is 418 g/mol. The van der Waals surface area contributed by atoms with Crippen LogP contribution in [0.5, 0.6) is 0 Å². The minimum atomic E-state index is -0.343. The fourth-order valence-electron chi connectivity index (χ4n) is 3.10. The van der Waals surface area contributed by atoms with Gasteiger partial charge in [0.2, 0.25) is 5.78 Å². The number of unbranched alkanes of at least 4 members (excludes halogenated alkanes) is 1. The lowest BCUT2D eigenvalue weighted by Crippen LogP contribution is -2.23. The number of ketones is 1. The summed E-state index contributed by atoms with van der Waals surface area (Å²) < 4.78 is 0. The van der Waals surface area contributed by atoms with Gasteiger partial charge in [-0.15, -0.1) is 0 Å².